The average molecular weight is 214 g/mol. The number of hydrogen-bond acceptors (Lipinski definition) is 4. The van der Waals surface area contributed by atoms with Gasteiger partial charge < -0.3 is 9.47 Å². The Morgan fingerprint density at radius 3 is 1.73 bits per heavy atom. The van der Waals surface area contributed by atoms with Crippen LogP contribution in [0.3, 0.4) is 0 Å². The zero-order valence-electron chi connectivity index (χ0n) is 9.75. The summed E-state index contributed by atoms with van der Waals surface area (Å²) in [5.41, 5.74) is 0.834. The van der Waals surface area contributed by atoms with Crippen molar-refractivity contribution in [1.29, 1.82) is 0 Å². The monoisotopic (exact) mass is 214 g/mol. The normalized spacial score (nSPS) is 11.7. The van der Waals surface area contributed by atoms with Gasteiger partial charge in [0.2, 0.25) is 0 Å². The maximum atomic E-state index is 11.4. The van der Waals surface area contributed by atoms with Crippen molar-refractivity contribution in [3.63, 3.8) is 0 Å². The summed E-state index contributed by atoms with van der Waals surface area (Å²) in [7, 11) is 2.61. The Kier molecular flexibility index (Phi) is 6.42. The molecule has 0 aromatic rings. The predicted molar refractivity (Wildman–Crippen MR) is 56.3 cm³/mol. The van der Waals surface area contributed by atoms with E-state index in [1.54, 1.807) is 0 Å². The molecule has 0 N–H and O–H groups in total. The van der Waals surface area contributed by atoms with Crippen LogP contribution < -0.4 is 0 Å². The molecule has 15 heavy (non-hydrogen) atoms. The van der Waals surface area contributed by atoms with Gasteiger partial charge in [-0.05, 0) is 12.8 Å². The summed E-state index contributed by atoms with van der Waals surface area (Å²) in [6.07, 6.45) is 1.78. The van der Waals surface area contributed by atoms with Crippen molar-refractivity contribution >= 4 is 11.9 Å². The van der Waals surface area contributed by atoms with Gasteiger partial charge in [-0.1, -0.05) is 20.3 Å². The molecule has 4 heteroatoms. The molecule has 0 aliphatic rings. The minimum Gasteiger partial charge on any atom is -0.466 e. The van der Waals surface area contributed by atoms with Crippen LogP contribution in [0.15, 0.2) is 11.1 Å². The van der Waals surface area contributed by atoms with Gasteiger partial charge >= 0.3 is 11.9 Å². The van der Waals surface area contributed by atoms with Gasteiger partial charge in [0.15, 0.2) is 0 Å². The molecule has 0 aromatic heterocycles. The fraction of sp³-hybridized carbons (Fsp3) is 0.636. The second-order valence-electron chi connectivity index (χ2n) is 3.04. The quantitative estimate of drug-likeness (QED) is 0.517. The fourth-order valence-corrected chi connectivity index (χ4v) is 1.35. The molecular weight excluding hydrogens is 196 g/mol. The lowest BCUT2D eigenvalue weighted by atomic mass is 10.0. The zero-order chi connectivity index (χ0) is 11.8. The standard InChI is InChI=1S/C11H18O4/c1-5-7-9(11(13)15-4)8(6-2)10(12)14-3/h5-7H2,1-4H3/b9-8-. The number of hydrogen-bond donors (Lipinski definition) is 0. The minimum atomic E-state index is -0.452. The Labute approximate surface area is 90.2 Å². The summed E-state index contributed by atoms with van der Waals surface area (Å²) in [5, 5.41) is 0. The highest BCUT2D eigenvalue weighted by atomic mass is 16.5. The second-order valence-corrected chi connectivity index (χ2v) is 3.04. The molecule has 0 radical (unpaired) electrons. The molecule has 86 valence electrons. The largest absolute Gasteiger partial charge is 0.466 e. The predicted octanol–water partition coefficient (Wildman–Crippen LogP) is 1.84. The van der Waals surface area contributed by atoms with Gasteiger partial charge in [0.05, 0.1) is 14.2 Å². The molecule has 0 saturated heterocycles. The van der Waals surface area contributed by atoms with Crippen molar-refractivity contribution in [2.75, 3.05) is 14.2 Å². The van der Waals surface area contributed by atoms with E-state index in [4.69, 9.17) is 0 Å². The van der Waals surface area contributed by atoms with E-state index in [2.05, 4.69) is 9.47 Å². The maximum absolute atomic E-state index is 11.4. The Morgan fingerprint density at radius 2 is 1.40 bits per heavy atom. The molecule has 0 atom stereocenters. The third-order valence-electron chi connectivity index (χ3n) is 2.08. The molecule has 0 aromatic carbocycles. The van der Waals surface area contributed by atoms with E-state index in [1.165, 1.54) is 14.2 Å². The van der Waals surface area contributed by atoms with Crippen LogP contribution in [-0.2, 0) is 19.1 Å². The van der Waals surface area contributed by atoms with Crippen LogP contribution in [0.2, 0.25) is 0 Å². The van der Waals surface area contributed by atoms with Crippen LogP contribution >= 0.6 is 0 Å². The summed E-state index contributed by atoms with van der Waals surface area (Å²) in [6, 6.07) is 0. The van der Waals surface area contributed by atoms with E-state index in [0.29, 0.717) is 24.0 Å². The van der Waals surface area contributed by atoms with E-state index in [9.17, 15) is 9.59 Å². The molecule has 4 nitrogen and oxygen atoms in total. The van der Waals surface area contributed by atoms with Crippen molar-refractivity contribution in [2.24, 2.45) is 0 Å². The summed E-state index contributed by atoms with van der Waals surface area (Å²) in [4.78, 5) is 22.8. The van der Waals surface area contributed by atoms with Crippen LogP contribution in [0.5, 0.6) is 0 Å². The van der Waals surface area contributed by atoms with Crippen LogP contribution in [0.4, 0.5) is 0 Å². The fourth-order valence-electron chi connectivity index (χ4n) is 1.35. The number of carbonyl (C=O) groups is 2. The van der Waals surface area contributed by atoms with Gasteiger partial charge in [0.1, 0.15) is 0 Å². The van der Waals surface area contributed by atoms with E-state index < -0.39 is 11.9 Å². The second kappa shape index (κ2) is 7.04. The maximum Gasteiger partial charge on any atom is 0.334 e. The van der Waals surface area contributed by atoms with Gasteiger partial charge in [0.25, 0.3) is 0 Å². The topological polar surface area (TPSA) is 52.6 Å². The molecule has 0 spiro atoms. The molecule has 0 bridgehead atoms. The molecule has 0 aliphatic carbocycles. The van der Waals surface area contributed by atoms with Crippen LogP contribution in [0.25, 0.3) is 0 Å². The molecule has 0 heterocycles. The van der Waals surface area contributed by atoms with Crippen molar-refractivity contribution in [3.8, 4) is 0 Å². The van der Waals surface area contributed by atoms with E-state index in [1.807, 2.05) is 13.8 Å². The lowest BCUT2D eigenvalue weighted by molar-refractivity contribution is -0.139. The Hall–Kier alpha value is -1.32. The van der Waals surface area contributed by atoms with Gasteiger partial charge in [-0.3, -0.25) is 0 Å². The molecule has 0 amide bonds. The third kappa shape index (κ3) is 3.73. The first kappa shape index (κ1) is 13.7. The molecular formula is C11H18O4. The van der Waals surface area contributed by atoms with Gasteiger partial charge in [-0.2, -0.15) is 0 Å². The highest BCUT2D eigenvalue weighted by Gasteiger charge is 2.19. The molecule has 0 fully saturated rings. The van der Waals surface area contributed by atoms with E-state index >= 15 is 0 Å². The van der Waals surface area contributed by atoms with Gasteiger partial charge in [-0.15, -0.1) is 0 Å². The van der Waals surface area contributed by atoms with Crippen molar-refractivity contribution in [2.45, 2.75) is 33.1 Å². The highest BCUT2D eigenvalue weighted by molar-refractivity contribution is 6.00. The Bertz CT molecular complexity index is 266. The van der Waals surface area contributed by atoms with Gasteiger partial charge in [-0.25, -0.2) is 9.59 Å². The molecule has 0 aliphatic heterocycles. The van der Waals surface area contributed by atoms with Crippen molar-refractivity contribution in [3.05, 3.63) is 11.1 Å². The average Bonchev–Trinajstić information content (AvgIpc) is 2.27. The number of rotatable bonds is 5. The van der Waals surface area contributed by atoms with Crippen molar-refractivity contribution in [1.82, 2.24) is 0 Å². The Morgan fingerprint density at radius 1 is 0.933 bits per heavy atom. The molecule has 0 unspecified atom stereocenters. The minimum absolute atomic E-state index is 0.409. The summed E-state index contributed by atoms with van der Waals surface area (Å²) >= 11 is 0. The lowest BCUT2D eigenvalue weighted by Gasteiger charge is -2.09. The number of methoxy groups -OCH3 is 2. The summed E-state index contributed by atoms with van der Waals surface area (Å²) in [6.45, 7) is 3.75. The zero-order valence-corrected chi connectivity index (χ0v) is 9.75. The van der Waals surface area contributed by atoms with Crippen LogP contribution in [-0.4, -0.2) is 26.2 Å². The Balaban J connectivity index is 5.16. The lowest BCUT2D eigenvalue weighted by Crippen LogP contribution is -2.14. The number of esters is 2. The van der Waals surface area contributed by atoms with Crippen LogP contribution in [0, 0.1) is 0 Å². The molecule has 0 rings (SSSR count). The first-order valence-electron chi connectivity index (χ1n) is 5.00. The summed E-state index contributed by atoms with van der Waals surface area (Å²) < 4.78 is 9.26. The number of ether oxygens (including phenoxy) is 2. The summed E-state index contributed by atoms with van der Waals surface area (Å²) in [5.74, 6) is -0.898. The molecule has 0 saturated carbocycles. The van der Waals surface area contributed by atoms with Crippen LogP contribution in [0.1, 0.15) is 33.1 Å². The third-order valence-corrected chi connectivity index (χ3v) is 2.08. The number of carbonyl (C=O) groups excluding carboxylic acids is 2. The SMILES string of the molecule is CCC/C(C(=O)OC)=C(\CC)C(=O)OC. The van der Waals surface area contributed by atoms with E-state index in [-0.39, 0.29) is 0 Å². The van der Waals surface area contributed by atoms with E-state index in [0.717, 1.165) is 6.42 Å². The first-order chi connectivity index (χ1) is 7.12. The first-order valence-corrected chi connectivity index (χ1v) is 5.00. The van der Waals surface area contributed by atoms with Crippen molar-refractivity contribution < 1.29 is 19.1 Å². The smallest absolute Gasteiger partial charge is 0.334 e. The highest BCUT2D eigenvalue weighted by Crippen LogP contribution is 2.17. The van der Waals surface area contributed by atoms with Gasteiger partial charge in [0, 0.05) is 11.1 Å².